The van der Waals surface area contributed by atoms with Crippen molar-refractivity contribution in [1.82, 2.24) is 14.5 Å². The Morgan fingerprint density at radius 1 is 1.36 bits per heavy atom. The Hall–Kier alpha value is -1.15. The van der Waals surface area contributed by atoms with Gasteiger partial charge in [0.1, 0.15) is 0 Å². The van der Waals surface area contributed by atoms with Crippen LogP contribution in [0.5, 0.6) is 0 Å². The molecule has 1 aromatic rings. The molecule has 0 unspecified atom stereocenters. The Kier molecular flexibility index (Phi) is 5.44. The lowest BCUT2D eigenvalue weighted by Gasteiger charge is -2.29. The van der Waals surface area contributed by atoms with Gasteiger partial charge in [-0.05, 0) is 24.6 Å². The highest BCUT2D eigenvalue weighted by Gasteiger charge is 2.27. The molecule has 1 N–H and O–H groups in total. The number of rotatable bonds is 4. The maximum atomic E-state index is 12.6. The summed E-state index contributed by atoms with van der Waals surface area (Å²) in [6.07, 6.45) is 0. The van der Waals surface area contributed by atoms with Crippen molar-refractivity contribution in [3.63, 3.8) is 0 Å². The summed E-state index contributed by atoms with van der Waals surface area (Å²) in [6, 6.07) is 4.73. The van der Waals surface area contributed by atoms with Crippen molar-refractivity contribution in [1.29, 1.82) is 0 Å². The molecule has 122 valence electrons. The summed E-state index contributed by atoms with van der Waals surface area (Å²) in [7, 11) is -2.33. The van der Waals surface area contributed by atoms with E-state index in [1.807, 2.05) is 0 Å². The topological polar surface area (TPSA) is 69.7 Å². The summed E-state index contributed by atoms with van der Waals surface area (Å²) in [5.41, 5.74) is 0.491. The summed E-state index contributed by atoms with van der Waals surface area (Å²) < 4.78 is 26.3. The highest BCUT2D eigenvalue weighted by molar-refractivity contribution is 7.89. The van der Waals surface area contributed by atoms with Crippen molar-refractivity contribution >= 4 is 27.5 Å². The van der Waals surface area contributed by atoms with Crippen molar-refractivity contribution in [3.05, 3.63) is 28.8 Å². The molecule has 8 heteroatoms. The van der Waals surface area contributed by atoms with Gasteiger partial charge in [-0.1, -0.05) is 17.7 Å². The minimum absolute atomic E-state index is 0.135. The molecule has 1 fully saturated rings. The van der Waals surface area contributed by atoms with E-state index in [0.29, 0.717) is 23.7 Å². The summed E-state index contributed by atoms with van der Waals surface area (Å²) in [5, 5.41) is 3.54. The van der Waals surface area contributed by atoms with Crippen LogP contribution in [-0.2, 0) is 14.8 Å². The molecule has 0 spiro atoms. The summed E-state index contributed by atoms with van der Waals surface area (Å²) in [6.45, 7) is 4.15. The number of carbonyl (C=O) groups is 1. The number of sulfonamides is 1. The molecule has 1 saturated heterocycles. The van der Waals surface area contributed by atoms with Crippen molar-refractivity contribution in [2.75, 3.05) is 39.8 Å². The molecule has 0 radical (unpaired) electrons. The summed E-state index contributed by atoms with van der Waals surface area (Å²) in [4.78, 5) is 14.0. The number of hydrogen-bond acceptors (Lipinski definition) is 4. The molecule has 0 aromatic heterocycles. The molecule has 0 bridgehead atoms. The van der Waals surface area contributed by atoms with E-state index < -0.39 is 10.0 Å². The maximum Gasteiger partial charge on any atom is 0.243 e. The normalized spacial score (nSPS) is 16.1. The first-order valence-electron chi connectivity index (χ1n) is 7.04. The lowest BCUT2D eigenvalue weighted by molar-refractivity contribution is -0.131. The van der Waals surface area contributed by atoms with Gasteiger partial charge in [-0.15, -0.1) is 0 Å². The van der Waals surface area contributed by atoms with E-state index in [2.05, 4.69) is 5.32 Å². The zero-order valence-electron chi connectivity index (χ0n) is 12.7. The maximum absolute atomic E-state index is 12.6. The number of hydrogen-bond donors (Lipinski definition) is 1. The van der Waals surface area contributed by atoms with Gasteiger partial charge in [0.25, 0.3) is 0 Å². The minimum atomic E-state index is -3.74. The molecule has 1 aliphatic rings. The van der Waals surface area contributed by atoms with Crippen molar-refractivity contribution in [2.45, 2.75) is 11.8 Å². The van der Waals surface area contributed by atoms with Gasteiger partial charge in [0.15, 0.2) is 0 Å². The minimum Gasteiger partial charge on any atom is -0.339 e. The number of piperazine rings is 1. The monoisotopic (exact) mass is 345 g/mol. The van der Waals surface area contributed by atoms with Crippen LogP contribution in [0.25, 0.3) is 0 Å². The van der Waals surface area contributed by atoms with Crippen molar-refractivity contribution in [3.8, 4) is 0 Å². The Morgan fingerprint density at radius 2 is 2.00 bits per heavy atom. The van der Waals surface area contributed by atoms with Gasteiger partial charge in [-0.25, -0.2) is 8.42 Å². The fraction of sp³-hybridized carbons (Fsp3) is 0.500. The third kappa shape index (κ3) is 3.60. The van der Waals surface area contributed by atoms with E-state index >= 15 is 0 Å². The van der Waals surface area contributed by atoms with Crippen molar-refractivity contribution < 1.29 is 13.2 Å². The van der Waals surface area contributed by atoms with Gasteiger partial charge < -0.3 is 10.2 Å². The number of nitrogens with one attached hydrogen (secondary N) is 1. The SMILES string of the molecule is Cc1c(Cl)cccc1S(=O)(=O)N(C)CC(=O)N1CCNCC1. The Labute approximate surface area is 136 Å². The highest BCUT2D eigenvalue weighted by atomic mass is 35.5. The standard InChI is InChI=1S/C14H20ClN3O3S/c1-11-12(15)4-3-5-13(11)22(20,21)17(2)10-14(19)18-8-6-16-7-9-18/h3-5,16H,6-10H2,1-2H3. The van der Waals surface area contributed by atoms with Crippen LogP contribution in [0.2, 0.25) is 5.02 Å². The lowest BCUT2D eigenvalue weighted by atomic mass is 10.2. The van der Waals surface area contributed by atoms with Gasteiger partial charge in [0, 0.05) is 38.2 Å². The van der Waals surface area contributed by atoms with Gasteiger partial charge >= 0.3 is 0 Å². The average Bonchev–Trinajstić information content (AvgIpc) is 2.50. The number of amides is 1. The second-order valence-corrected chi connectivity index (χ2v) is 7.68. The molecule has 0 saturated carbocycles. The predicted octanol–water partition coefficient (Wildman–Crippen LogP) is 0.701. The number of carbonyl (C=O) groups excluding carboxylic acids is 1. The molecule has 22 heavy (non-hydrogen) atoms. The van der Waals surface area contributed by atoms with Crippen LogP contribution in [0, 0.1) is 6.92 Å². The number of nitrogens with zero attached hydrogens (tertiary/aromatic N) is 2. The average molecular weight is 346 g/mol. The van der Waals surface area contributed by atoms with Crippen LogP contribution >= 0.6 is 11.6 Å². The Morgan fingerprint density at radius 3 is 2.64 bits per heavy atom. The summed E-state index contributed by atoms with van der Waals surface area (Å²) in [5.74, 6) is -0.188. The molecule has 1 amide bonds. The molecular formula is C14H20ClN3O3S. The molecular weight excluding hydrogens is 326 g/mol. The molecule has 0 atom stereocenters. The van der Waals surface area contributed by atoms with Gasteiger partial charge in [0.2, 0.25) is 15.9 Å². The van der Waals surface area contributed by atoms with Crippen LogP contribution in [0.15, 0.2) is 23.1 Å². The van der Waals surface area contributed by atoms with Gasteiger partial charge in [-0.2, -0.15) is 4.31 Å². The molecule has 1 aromatic carbocycles. The van der Waals surface area contributed by atoms with E-state index in [4.69, 9.17) is 11.6 Å². The van der Waals surface area contributed by atoms with E-state index in [0.717, 1.165) is 17.4 Å². The van der Waals surface area contributed by atoms with Gasteiger partial charge in [-0.3, -0.25) is 4.79 Å². The fourth-order valence-electron chi connectivity index (χ4n) is 2.32. The van der Waals surface area contributed by atoms with E-state index in [1.54, 1.807) is 24.0 Å². The lowest BCUT2D eigenvalue weighted by Crippen LogP contribution is -2.49. The molecule has 6 nitrogen and oxygen atoms in total. The number of benzene rings is 1. The zero-order chi connectivity index (χ0) is 16.3. The summed E-state index contributed by atoms with van der Waals surface area (Å²) >= 11 is 5.99. The van der Waals surface area contributed by atoms with Gasteiger partial charge in [0.05, 0.1) is 11.4 Å². The zero-order valence-corrected chi connectivity index (χ0v) is 14.2. The van der Waals surface area contributed by atoms with Crippen LogP contribution in [0.3, 0.4) is 0 Å². The molecule has 2 rings (SSSR count). The van der Waals surface area contributed by atoms with E-state index in [1.165, 1.54) is 13.1 Å². The van der Waals surface area contributed by atoms with Crippen molar-refractivity contribution in [2.24, 2.45) is 0 Å². The number of halogens is 1. The predicted molar refractivity (Wildman–Crippen MR) is 85.5 cm³/mol. The second-order valence-electron chi connectivity index (χ2n) is 5.25. The third-order valence-electron chi connectivity index (χ3n) is 3.73. The first kappa shape index (κ1) is 17.2. The smallest absolute Gasteiger partial charge is 0.243 e. The van der Waals surface area contributed by atoms with Crippen LogP contribution in [0.4, 0.5) is 0 Å². The van der Waals surface area contributed by atoms with Crippen LogP contribution < -0.4 is 5.32 Å². The fourth-order valence-corrected chi connectivity index (χ4v) is 3.92. The largest absolute Gasteiger partial charge is 0.339 e. The van der Waals surface area contributed by atoms with E-state index in [-0.39, 0.29) is 17.3 Å². The van der Waals surface area contributed by atoms with E-state index in [9.17, 15) is 13.2 Å². The first-order valence-corrected chi connectivity index (χ1v) is 8.86. The van der Waals surface area contributed by atoms with Crippen LogP contribution in [-0.4, -0.2) is 63.3 Å². The van der Waals surface area contributed by atoms with Crippen LogP contribution in [0.1, 0.15) is 5.56 Å². The Balaban J connectivity index is 2.15. The quantitative estimate of drug-likeness (QED) is 0.872. The number of likely N-dealkylation sites (N-methyl/N-ethyl adjacent to an activating group) is 1. The molecule has 1 heterocycles. The third-order valence-corrected chi connectivity index (χ3v) is 6.09. The Bertz CT molecular complexity index is 657. The molecule has 1 aliphatic heterocycles. The highest BCUT2D eigenvalue weighted by Crippen LogP contribution is 2.24. The second kappa shape index (κ2) is 6.95. The molecule has 0 aliphatic carbocycles. The first-order chi connectivity index (χ1) is 10.3.